The van der Waals surface area contributed by atoms with Crippen LogP contribution in [0.25, 0.3) is 0 Å². The molecule has 6 heteroatoms. The third kappa shape index (κ3) is 3.08. The summed E-state index contributed by atoms with van der Waals surface area (Å²) in [5.74, 6) is 2.36. The van der Waals surface area contributed by atoms with Crippen LogP contribution in [0, 0.1) is 5.92 Å². The van der Waals surface area contributed by atoms with Crippen molar-refractivity contribution in [3.8, 4) is 11.5 Å². The fourth-order valence-corrected chi connectivity index (χ4v) is 3.88. The molecule has 24 heavy (non-hydrogen) atoms. The molecule has 0 bridgehead atoms. The van der Waals surface area contributed by atoms with Crippen LogP contribution in [0.4, 0.5) is 0 Å². The highest BCUT2D eigenvalue weighted by atomic mass is 16.7. The standard InChI is InChI=1S/C18H24N2O4/c1-19(2)18(21)7-14-6-13-9-20(10-17(13)24-14)8-12-3-4-15-16(5-12)23-11-22-15/h3-5,13-14,17H,6-11H2,1-2H3/t13-,14+,17+/m1/s1. The Balaban J connectivity index is 1.30. The SMILES string of the molecule is CN(C)C(=O)C[C@@H]1C[C@@H]2CN(Cc3ccc4c(c3)OCO4)C[C@@H]2O1. The van der Waals surface area contributed by atoms with Gasteiger partial charge in [0, 0.05) is 39.6 Å². The number of likely N-dealkylation sites (tertiary alicyclic amines) is 1. The molecule has 0 spiro atoms. The Kier molecular flexibility index (Phi) is 4.10. The molecule has 3 aliphatic rings. The van der Waals surface area contributed by atoms with Crippen LogP contribution in [0.3, 0.4) is 0 Å². The van der Waals surface area contributed by atoms with Crippen LogP contribution in [-0.2, 0) is 16.1 Å². The van der Waals surface area contributed by atoms with E-state index in [-0.39, 0.29) is 18.1 Å². The number of fused-ring (bicyclic) bond motifs is 2. The third-order valence-electron chi connectivity index (χ3n) is 5.13. The quantitative estimate of drug-likeness (QED) is 0.836. The van der Waals surface area contributed by atoms with Gasteiger partial charge in [-0.25, -0.2) is 0 Å². The molecule has 0 radical (unpaired) electrons. The van der Waals surface area contributed by atoms with Gasteiger partial charge in [-0.3, -0.25) is 9.69 Å². The molecule has 1 aromatic rings. The van der Waals surface area contributed by atoms with Gasteiger partial charge in [0.1, 0.15) is 0 Å². The van der Waals surface area contributed by atoms with Crippen molar-refractivity contribution in [2.24, 2.45) is 5.92 Å². The molecule has 3 aliphatic heterocycles. The van der Waals surface area contributed by atoms with E-state index in [1.165, 1.54) is 5.56 Å². The Bertz CT molecular complexity index is 619. The van der Waals surface area contributed by atoms with Crippen LogP contribution in [0.15, 0.2) is 18.2 Å². The molecule has 130 valence electrons. The minimum absolute atomic E-state index is 0.0857. The average molecular weight is 332 g/mol. The lowest BCUT2D eigenvalue weighted by molar-refractivity contribution is -0.131. The molecule has 4 rings (SSSR count). The molecule has 6 nitrogen and oxygen atoms in total. The Morgan fingerprint density at radius 1 is 1.25 bits per heavy atom. The van der Waals surface area contributed by atoms with Gasteiger partial charge < -0.3 is 19.1 Å². The fourth-order valence-electron chi connectivity index (χ4n) is 3.88. The summed E-state index contributed by atoms with van der Waals surface area (Å²) in [7, 11) is 3.59. The van der Waals surface area contributed by atoms with Crippen molar-refractivity contribution >= 4 is 5.91 Å². The zero-order valence-electron chi connectivity index (χ0n) is 14.2. The maximum atomic E-state index is 11.8. The van der Waals surface area contributed by atoms with Crippen LogP contribution in [0.1, 0.15) is 18.4 Å². The lowest BCUT2D eigenvalue weighted by Gasteiger charge is -2.20. The summed E-state index contributed by atoms with van der Waals surface area (Å²) >= 11 is 0. The second-order valence-electron chi connectivity index (χ2n) is 7.17. The highest BCUT2D eigenvalue weighted by Gasteiger charge is 2.42. The number of ether oxygens (including phenoxy) is 3. The number of carbonyl (C=O) groups is 1. The number of benzene rings is 1. The van der Waals surface area contributed by atoms with Gasteiger partial charge in [0.15, 0.2) is 11.5 Å². The lowest BCUT2D eigenvalue weighted by Crippen LogP contribution is -2.29. The predicted octanol–water partition coefficient (Wildman–Crippen LogP) is 1.48. The minimum Gasteiger partial charge on any atom is -0.454 e. The van der Waals surface area contributed by atoms with E-state index in [1.807, 2.05) is 6.07 Å². The summed E-state index contributed by atoms with van der Waals surface area (Å²) in [6, 6.07) is 6.14. The van der Waals surface area contributed by atoms with Gasteiger partial charge in [-0.05, 0) is 24.1 Å². The largest absolute Gasteiger partial charge is 0.454 e. The Labute approximate surface area is 142 Å². The fraction of sp³-hybridized carbons (Fsp3) is 0.611. The second-order valence-corrected chi connectivity index (χ2v) is 7.17. The van der Waals surface area contributed by atoms with Crippen molar-refractivity contribution in [3.63, 3.8) is 0 Å². The second kappa shape index (κ2) is 6.26. The highest BCUT2D eigenvalue weighted by Crippen LogP contribution is 2.36. The van der Waals surface area contributed by atoms with Crippen molar-refractivity contribution in [2.75, 3.05) is 34.0 Å². The molecule has 2 saturated heterocycles. The first kappa shape index (κ1) is 15.7. The van der Waals surface area contributed by atoms with Gasteiger partial charge in [-0.15, -0.1) is 0 Å². The van der Waals surface area contributed by atoms with E-state index in [0.717, 1.165) is 37.6 Å². The summed E-state index contributed by atoms with van der Waals surface area (Å²) in [5, 5.41) is 0. The van der Waals surface area contributed by atoms with Crippen molar-refractivity contribution in [1.82, 2.24) is 9.80 Å². The maximum absolute atomic E-state index is 11.8. The van der Waals surface area contributed by atoms with Crippen LogP contribution < -0.4 is 9.47 Å². The first-order valence-electron chi connectivity index (χ1n) is 8.55. The summed E-state index contributed by atoms with van der Waals surface area (Å²) in [5.41, 5.74) is 1.23. The smallest absolute Gasteiger partial charge is 0.231 e. The van der Waals surface area contributed by atoms with Gasteiger partial charge in [0.25, 0.3) is 0 Å². The monoisotopic (exact) mass is 332 g/mol. The van der Waals surface area contributed by atoms with E-state index >= 15 is 0 Å². The normalized spacial score (nSPS) is 28.2. The number of rotatable bonds is 4. The summed E-state index contributed by atoms with van der Waals surface area (Å²) < 4.78 is 16.9. The summed E-state index contributed by atoms with van der Waals surface area (Å²) in [6.45, 7) is 3.18. The van der Waals surface area contributed by atoms with E-state index in [9.17, 15) is 4.79 Å². The topological polar surface area (TPSA) is 51.2 Å². The van der Waals surface area contributed by atoms with Crippen molar-refractivity contribution < 1.29 is 19.0 Å². The molecule has 0 aromatic heterocycles. The molecule has 1 aromatic carbocycles. The van der Waals surface area contributed by atoms with Crippen LogP contribution in [0.5, 0.6) is 11.5 Å². The molecule has 2 fully saturated rings. The maximum Gasteiger partial charge on any atom is 0.231 e. The first-order valence-corrected chi connectivity index (χ1v) is 8.55. The lowest BCUT2D eigenvalue weighted by atomic mass is 10.0. The van der Waals surface area contributed by atoms with Crippen molar-refractivity contribution in [3.05, 3.63) is 23.8 Å². The van der Waals surface area contributed by atoms with Gasteiger partial charge in [-0.2, -0.15) is 0 Å². The van der Waals surface area contributed by atoms with E-state index in [0.29, 0.717) is 19.1 Å². The molecular formula is C18H24N2O4. The van der Waals surface area contributed by atoms with E-state index in [2.05, 4.69) is 17.0 Å². The van der Waals surface area contributed by atoms with Gasteiger partial charge in [-0.1, -0.05) is 6.07 Å². The van der Waals surface area contributed by atoms with E-state index < -0.39 is 0 Å². The first-order chi connectivity index (χ1) is 11.6. The van der Waals surface area contributed by atoms with Crippen LogP contribution in [0.2, 0.25) is 0 Å². The number of hydrogen-bond acceptors (Lipinski definition) is 5. The van der Waals surface area contributed by atoms with Gasteiger partial charge >= 0.3 is 0 Å². The number of carbonyl (C=O) groups excluding carboxylic acids is 1. The molecule has 3 heterocycles. The minimum atomic E-state index is 0.0857. The zero-order chi connectivity index (χ0) is 16.7. The van der Waals surface area contributed by atoms with Gasteiger partial charge in [0.05, 0.1) is 18.6 Å². The summed E-state index contributed by atoms with van der Waals surface area (Å²) in [6.07, 6.45) is 1.84. The molecule has 0 N–H and O–H groups in total. The summed E-state index contributed by atoms with van der Waals surface area (Å²) in [4.78, 5) is 15.9. The van der Waals surface area contributed by atoms with Crippen molar-refractivity contribution in [1.29, 1.82) is 0 Å². The van der Waals surface area contributed by atoms with Crippen molar-refractivity contribution in [2.45, 2.75) is 31.6 Å². The predicted molar refractivity (Wildman–Crippen MR) is 87.9 cm³/mol. The number of amides is 1. The molecule has 3 atom stereocenters. The van der Waals surface area contributed by atoms with E-state index in [1.54, 1.807) is 19.0 Å². The molecule has 0 saturated carbocycles. The molecule has 1 amide bonds. The van der Waals surface area contributed by atoms with E-state index in [4.69, 9.17) is 14.2 Å². The molecule has 0 unspecified atom stereocenters. The zero-order valence-corrected chi connectivity index (χ0v) is 14.2. The molecule has 0 aliphatic carbocycles. The Hall–Kier alpha value is -1.79. The third-order valence-corrected chi connectivity index (χ3v) is 5.13. The number of hydrogen-bond donors (Lipinski definition) is 0. The van der Waals surface area contributed by atoms with Crippen LogP contribution >= 0.6 is 0 Å². The van der Waals surface area contributed by atoms with Crippen LogP contribution in [-0.4, -0.2) is 61.9 Å². The Morgan fingerprint density at radius 3 is 2.88 bits per heavy atom. The average Bonchev–Trinajstić information content (AvgIpc) is 3.21. The van der Waals surface area contributed by atoms with Gasteiger partial charge in [0.2, 0.25) is 12.7 Å². The number of nitrogens with zero attached hydrogens (tertiary/aromatic N) is 2. The highest BCUT2D eigenvalue weighted by molar-refractivity contribution is 5.76. The molecular weight excluding hydrogens is 308 g/mol. The Morgan fingerprint density at radius 2 is 2.08 bits per heavy atom.